The second-order valence-electron chi connectivity index (χ2n) is 4.83. The van der Waals surface area contributed by atoms with Gasteiger partial charge in [0.2, 0.25) is 0 Å². The van der Waals surface area contributed by atoms with E-state index in [9.17, 15) is 0 Å². The van der Waals surface area contributed by atoms with Gasteiger partial charge in [0.1, 0.15) is 5.82 Å². The lowest BCUT2D eigenvalue weighted by Crippen LogP contribution is -2.27. The molecule has 0 spiro atoms. The van der Waals surface area contributed by atoms with Gasteiger partial charge < -0.3 is 10.3 Å². The van der Waals surface area contributed by atoms with Crippen LogP contribution < -0.4 is 5.32 Å². The van der Waals surface area contributed by atoms with E-state index in [1.165, 1.54) is 19.3 Å². The minimum Gasteiger partial charge on any atom is -0.344 e. The highest BCUT2D eigenvalue weighted by Gasteiger charge is 2.19. The maximum atomic E-state index is 4.76. The second kappa shape index (κ2) is 4.90. The van der Waals surface area contributed by atoms with Crippen molar-refractivity contribution in [1.29, 1.82) is 0 Å². The first-order valence-corrected chi connectivity index (χ1v) is 6.55. The Kier molecular flexibility index (Phi) is 3.11. The SMILES string of the molecule is Cc1[nH]c(C2CCCCN2)nc1-c1ccncc1. The van der Waals surface area contributed by atoms with Crippen molar-refractivity contribution in [3.63, 3.8) is 0 Å². The molecule has 0 saturated carbocycles. The molecule has 0 aromatic carbocycles. The zero-order valence-corrected chi connectivity index (χ0v) is 10.6. The first-order valence-electron chi connectivity index (χ1n) is 6.55. The van der Waals surface area contributed by atoms with Gasteiger partial charge in [0.05, 0.1) is 11.7 Å². The number of piperidine rings is 1. The van der Waals surface area contributed by atoms with E-state index in [-0.39, 0.29) is 0 Å². The van der Waals surface area contributed by atoms with Crippen LogP contribution in [0.2, 0.25) is 0 Å². The van der Waals surface area contributed by atoms with E-state index in [1.807, 2.05) is 24.5 Å². The fourth-order valence-electron chi connectivity index (χ4n) is 2.52. The molecule has 2 aromatic rings. The van der Waals surface area contributed by atoms with Crippen molar-refractivity contribution in [2.45, 2.75) is 32.2 Å². The average Bonchev–Trinajstić information content (AvgIpc) is 2.83. The normalized spacial score (nSPS) is 19.9. The van der Waals surface area contributed by atoms with Gasteiger partial charge in [-0.1, -0.05) is 6.42 Å². The highest BCUT2D eigenvalue weighted by atomic mass is 15.0. The Bertz CT molecular complexity index is 512. The summed E-state index contributed by atoms with van der Waals surface area (Å²) in [6, 6.07) is 4.38. The Morgan fingerprint density at radius 2 is 2.06 bits per heavy atom. The van der Waals surface area contributed by atoms with Crippen molar-refractivity contribution in [3.8, 4) is 11.3 Å². The van der Waals surface area contributed by atoms with Gasteiger partial charge in [0.25, 0.3) is 0 Å². The van der Waals surface area contributed by atoms with Crippen LogP contribution in [0, 0.1) is 6.92 Å². The van der Waals surface area contributed by atoms with Crippen LogP contribution in [0.5, 0.6) is 0 Å². The monoisotopic (exact) mass is 242 g/mol. The number of pyridine rings is 1. The van der Waals surface area contributed by atoms with Crippen LogP contribution in [0.1, 0.15) is 36.8 Å². The molecule has 0 bridgehead atoms. The lowest BCUT2D eigenvalue weighted by Gasteiger charge is -2.21. The molecule has 1 aliphatic heterocycles. The number of nitrogens with one attached hydrogen (secondary N) is 2. The number of aromatic nitrogens is 3. The minimum atomic E-state index is 0.382. The van der Waals surface area contributed by atoms with E-state index in [2.05, 4.69) is 22.2 Å². The molecule has 1 unspecified atom stereocenters. The zero-order valence-electron chi connectivity index (χ0n) is 10.6. The summed E-state index contributed by atoms with van der Waals surface area (Å²) in [6.07, 6.45) is 7.34. The molecule has 0 radical (unpaired) electrons. The van der Waals surface area contributed by atoms with Crippen LogP contribution in [-0.2, 0) is 0 Å². The van der Waals surface area contributed by atoms with Crippen LogP contribution >= 0.6 is 0 Å². The van der Waals surface area contributed by atoms with E-state index in [0.29, 0.717) is 6.04 Å². The molecule has 0 amide bonds. The number of rotatable bonds is 2. The lowest BCUT2D eigenvalue weighted by atomic mass is 10.0. The van der Waals surface area contributed by atoms with Gasteiger partial charge in [-0.05, 0) is 38.4 Å². The summed E-state index contributed by atoms with van der Waals surface area (Å²) >= 11 is 0. The van der Waals surface area contributed by atoms with Crippen LogP contribution in [0.4, 0.5) is 0 Å². The summed E-state index contributed by atoms with van der Waals surface area (Å²) in [5, 5.41) is 3.52. The highest BCUT2D eigenvalue weighted by molar-refractivity contribution is 5.61. The summed E-state index contributed by atoms with van der Waals surface area (Å²) in [5.74, 6) is 1.07. The maximum Gasteiger partial charge on any atom is 0.124 e. The van der Waals surface area contributed by atoms with Crippen LogP contribution in [0.3, 0.4) is 0 Å². The lowest BCUT2D eigenvalue weighted by molar-refractivity contribution is 0.399. The van der Waals surface area contributed by atoms with Crippen molar-refractivity contribution in [2.24, 2.45) is 0 Å². The second-order valence-corrected chi connectivity index (χ2v) is 4.83. The fraction of sp³-hybridized carbons (Fsp3) is 0.429. The molecule has 2 N–H and O–H groups in total. The molecule has 94 valence electrons. The third-order valence-corrected chi connectivity index (χ3v) is 3.50. The van der Waals surface area contributed by atoms with E-state index < -0.39 is 0 Å². The van der Waals surface area contributed by atoms with E-state index >= 15 is 0 Å². The summed E-state index contributed by atoms with van der Waals surface area (Å²) < 4.78 is 0. The molecule has 0 aliphatic carbocycles. The molecule has 1 saturated heterocycles. The van der Waals surface area contributed by atoms with E-state index in [4.69, 9.17) is 4.98 Å². The topological polar surface area (TPSA) is 53.6 Å². The van der Waals surface area contributed by atoms with E-state index in [1.54, 1.807) is 0 Å². The summed E-state index contributed by atoms with van der Waals surface area (Å²) in [6.45, 7) is 3.17. The van der Waals surface area contributed by atoms with Crippen molar-refractivity contribution >= 4 is 0 Å². The summed E-state index contributed by atoms with van der Waals surface area (Å²) in [7, 11) is 0. The molecule has 1 fully saturated rings. The number of aromatic amines is 1. The standard InChI is InChI=1S/C14H18N4/c1-10-13(11-5-8-15-9-6-11)18-14(17-10)12-4-2-3-7-16-12/h5-6,8-9,12,16H,2-4,7H2,1H3,(H,17,18). The molecular formula is C14H18N4. The molecule has 4 nitrogen and oxygen atoms in total. The molecular weight excluding hydrogens is 224 g/mol. The smallest absolute Gasteiger partial charge is 0.124 e. The number of imidazole rings is 1. The fourth-order valence-corrected chi connectivity index (χ4v) is 2.52. The Morgan fingerprint density at radius 1 is 1.22 bits per heavy atom. The number of nitrogens with zero attached hydrogens (tertiary/aromatic N) is 2. The highest BCUT2D eigenvalue weighted by Crippen LogP contribution is 2.26. The van der Waals surface area contributed by atoms with Crippen molar-refractivity contribution in [1.82, 2.24) is 20.3 Å². The predicted molar refractivity (Wildman–Crippen MR) is 71.2 cm³/mol. The van der Waals surface area contributed by atoms with Crippen molar-refractivity contribution in [3.05, 3.63) is 36.0 Å². The van der Waals surface area contributed by atoms with Crippen LogP contribution in [0.15, 0.2) is 24.5 Å². The van der Waals surface area contributed by atoms with Gasteiger partial charge >= 0.3 is 0 Å². The van der Waals surface area contributed by atoms with Crippen molar-refractivity contribution < 1.29 is 0 Å². The first kappa shape index (κ1) is 11.4. The van der Waals surface area contributed by atoms with Crippen molar-refractivity contribution in [2.75, 3.05) is 6.54 Å². The predicted octanol–water partition coefficient (Wildman–Crippen LogP) is 2.59. The Hall–Kier alpha value is -1.68. The van der Waals surface area contributed by atoms with Gasteiger partial charge in [0, 0.05) is 23.7 Å². The quantitative estimate of drug-likeness (QED) is 0.851. The maximum absolute atomic E-state index is 4.76. The zero-order chi connectivity index (χ0) is 12.4. The van der Waals surface area contributed by atoms with E-state index in [0.717, 1.165) is 29.3 Å². The minimum absolute atomic E-state index is 0.382. The number of hydrogen-bond acceptors (Lipinski definition) is 3. The van der Waals surface area contributed by atoms with Gasteiger partial charge in [-0.3, -0.25) is 4.98 Å². The van der Waals surface area contributed by atoms with Gasteiger partial charge in [-0.2, -0.15) is 0 Å². The number of H-pyrrole nitrogens is 1. The Balaban J connectivity index is 1.91. The molecule has 1 aliphatic rings. The molecule has 18 heavy (non-hydrogen) atoms. The van der Waals surface area contributed by atoms with Gasteiger partial charge in [-0.15, -0.1) is 0 Å². The largest absolute Gasteiger partial charge is 0.344 e. The summed E-state index contributed by atoms with van der Waals surface area (Å²) in [5.41, 5.74) is 3.30. The molecule has 3 heterocycles. The van der Waals surface area contributed by atoms with Gasteiger partial charge in [0.15, 0.2) is 0 Å². The Morgan fingerprint density at radius 3 is 2.78 bits per heavy atom. The average molecular weight is 242 g/mol. The molecule has 2 aromatic heterocycles. The number of aryl methyl sites for hydroxylation is 1. The third kappa shape index (κ3) is 2.16. The van der Waals surface area contributed by atoms with Gasteiger partial charge in [-0.25, -0.2) is 4.98 Å². The molecule has 1 atom stereocenters. The van der Waals surface area contributed by atoms with Crippen LogP contribution in [0.25, 0.3) is 11.3 Å². The molecule has 4 heteroatoms. The number of hydrogen-bond donors (Lipinski definition) is 2. The van der Waals surface area contributed by atoms with Crippen LogP contribution in [-0.4, -0.2) is 21.5 Å². The third-order valence-electron chi connectivity index (χ3n) is 3.50. The summed E-state index contributed by atoms with van der Waals surface area (Å²) in [4.78, 5) is 12.2. The Labute approximate surface area is 107 Å². The first-order chi connectivity index (χ1) is 8.84. The molecule has 3 rings (SSSR count).